The SMILES string of the molecule is Cc1nc(C2CC2)nc(C2CC2)c1B1OC(C)(C)C(C)(C)O1. The van der Waals surface area contributed by atoms with Crippen molar-refractivity contribution >= 4 is 12.6 Å². The van der Waals surface area contributed by atoms with E-state index in [1.807, 2.05) is 0 Å². The predicted molar refractivity (Wildman–Crippen MR) is 86.4 cm³/mol. The van der Waals surface area contributed by atoms with Crippen molar-refractivity contribution in [3.63, 3.8) is 0 Å². The van der Waals surface area contributed by atoms with Gasteiger partial charge in [-0.1, -0.05) is 0 Å². The first-order valence-corrected chi connectivity index (χ1v) is 8.52. The number of hydrogen-bond donors (Lipinski definition) is 0. The van der Waals surface area contributed by atoms with Crippen LogP contribution in [0.5, 0.6) is 0 Å². The van der Waals surface area contributed by atoms with Gasteiger partial charge < -0.3 is 9.31 Å². The Morgan fingerprint density at radius 2 is 1.45 bits per heavy atom. The lowest BCUT2D eigenvalue weighted by atomic mass is 9.75. The fourth-order valence-corrected chi connectivity index (χ4v) is 3.07. The standard InChI is InChI=1S/C17H25BN2O2/c1-10-13(18-21-16(2,3)17(4,5)22-18)14(11-6-7-11)20-15(19-10)12-8-9-12/h11-12H,6-9H2,1-5H3. The van der Waals surface area contributed by atoms with Gasteiger partial charge >= 0.3 is 7.12 Å². The van der Waals surface area contributed by atoms with Crippen LogP contribution in [0.3, 0.4) is 0 Å². The lowest BCUT2D eigenvalue weighted by Crippen LogP contribution is -2.41. The number of rotatable bonds is 3. The summed E-state index contributed by atoms with van der Waals surface area (Å²) in [6, 6.07) is 0. The molecule has 1 aromatic rings. The van der Waals surface area contributed by atoms with Crippen molar-refractivity contribution in [3.8, 4) is 0 Å². The van der Waals surface area contributed by atoms with Crippen LogP contribution in [0.4, 0.5) is 0 Å². The summed E-state index contributed by atoms with van der Waals surface area (Å²) < 4.78 is 12.5. The summed E-state index contributed by atoms with van der Waals surface area (Å²) in [4.78, 5) is 9.70. The lowest BCUT2D eigenvalue weighted by Gasteiger charge is -2.32. The highest BCUT2D eigenvalue weighted by Crippen LogP contribution is 2.43. The van der Waals surface area contributed by atoms with E-state index in [2.05, 4.69) is 34.6 Å². The molecule has 0 N–H and O–H groups in total. The van der Waals surface area contributed by atoms with Crippen molar-refractivity contribution in [3.05, 3.63) is 17.2 Å². The number of aromatic nitrogens is 2. The highest BCUT2D eigenvalue weighted by Gasteiger charge is 2.53. The molecule has 2 heterocycles. The van der Waals surface area contributed by atoms with Crippen molar-refractivity contribution in [1.29, 1.82) is 0 Å². The molecule has 5 heteroatoms. The molecule has 4 rings (SSSR count). The Kier molecular flexibility index (Phi) is 3.02. The second kappa shape index (κ2) is 4.54. The molecule has 3 aliphatic rings. The van der Waals surface area contributed by atoms with Gasteiger partial charge in [-0.2, -0.15) is 0 Å². The first kappa shape index (κ1) is 14.6. The van der Waals surface area contributed by atoms with E-state index in [0.717, 1.165) is 17.0 Å². The fourth-order valence-electron chi connectivity index (χ4n) is 3.07. The second-order valence-corrected chi connectivity index (χ2v) is 8.10. The van der Waals surface area contributed by atoms with Gasteiger partial charge in [-0.25, -0.2) is 9.97 Å². The smallest absolute Gasteiger partial charge is 0.399 e. The Bertz CT molecular complexity index is 605. The summed E-state index contributed by atoms with van der Waals surface area (Å²) in [6.45, 7) is 10.5. The fraction of sp³-hybridized carbons (Fsp3) is 0.765. The van der Waals surface area contributed by atoms with Gasteiger partial charge in [0, 0.05) is 28.7 Å². The molecule has 0 radical (unpaired) electrons. The van der Waals surface area contributed by atoms with Crippen LogP contribution in [0.2, 0.25) is 0 Å². The number of nitrogens with zero attached hydrogens (tertiary/aromatic N) is 2. The molecular formula is C17H25BN2O2. The van der Waals surface area contributed by atoms with Gasteiger partial charge in [0.25, 0.3) is 0 Å². The Morgan fingerprint density at radius 1 is 0.909 bits per heavy atom. The molecule has 1 saturated heterocycles. The molecular weight excluding hydrogens is 275 g/mol. The predicted octanol–water partition coefficient (Wildman–Crippen LogP) is 2.84. The second-order valence-electron chi connectivity index (χ2n) is 8.10. The third-order valence-corrected chi connectivity index (χ3v) is 5.58. The molecule has 22 heavy (non-hydrogen) atoms. The zero-order chi connectivity index (χ0) is 15.7. The zero-order valence-electron chi connectivity index (χ0n) is 14.3. The maximum absolute atomic E-state index is 6.26. The summed E-state index contributed by atoms with van der Waals surface area (Å²) in [5.41, 5.74) is 2.68. The molecule has 1 aromatic heterocycles. The van der Waals surface area contributed by atoms with Gasteiger partial charge in [-0.05, 0) is 60.3 Å². The highest BCUT2D eigenvalue weighted by atomic mass is 16.7. The van der Waals surface area contributed by atoms with Gasteiger partial charge in [0.15, 0.2) is 0 Å². The molecule has 1 aliphatic heterocycles. The minimum Gasteiger partial charge on any atom is -0.399 e. The summed E-state index contributed by atoms with van der Waals surface area (Å²) in [7, 11) is -0.339. The first-order valence-electron chi connectivity index (χ1n) is 8.52. The average molecular weight is 300 g/mol. The van der Waals surface area contributed by atoms with Gasteiger partial charge in [0.1, 0.15) is 5.82 Å². The van der Waals surface area contributed by atoms with Crippen LogP contribution in [0.1, 0.15) is 82.4 Å². The molecule has 2 saturated carbocycles. The minimum absolute atomic E-state index is 0.319. The summed E-state index contributed by atoms with van der Waals surface area (Å²) in [5.74, 6) is 2.21. The summed E-state index contributed by atoms with van der Waals surface area (Å²) in [5, 5.41) is 0. The molecule has 0 spiro atoms. The third-order valence-electron chi connectivity index (χ3n) is 5.58. The van der Waals surface area contributed by atoms with Crippen LogP contribution in [0.15, 0.2) is 0 Å². The zero-order valence-corrected chi connectivity index (χ0v) is 14.3. The van der Waals surface area contributed by atoms with E-state index >= 15 is 0 Å². The van der Waals surface area contributed by atoms with Crippen molar-refractivity contribution < 1.29 is 9.31 Å². The van der Waals surface area contributed by atoms with Crippen molar-refractivity contribution in [2.75, 3.05) is 0 Å². The molecule has 0 amide bonds. The molecule has 0 atom stereocenters. The summed E-state index contributed by atoms with van der Waals surface area (Å²) >= 11 is 0. The Labute approximate surface area is 133 Å². The van der Waals surface area contributed by atoms with Crippen LogP contribution < -0.4 is 5.46 Å². The van der Waals surface area contributed by atoms with Gasteiger partial charge in [-0.3, -0.25) is 0 Å². The van der Waals surface area contributed by atoms with Crippen LogP contribution in [0.25, 0.3) is 0 Å². The van der Waals surface area contributed by atoms with Gasteiger partial charge in [0.05, 0.1) is 11.2 Å². The maximum Gasteiger partial charge on any atom is 0.498 e. The van der Waals surface area contributed by atoms with Gasteiger partial charge in [0.2, 0.25) is 0 Å². The van der Waals surface area contributed by atoms with Crippen molar-refractivity contribution in [2.45, 2.75) is 83.3 Å². The molecule has 0 aromatic carbocycles. The lowest BCUT2D eigenvalue weighted by molar-refractivity contribution is 0.00578. The molecule has 2 aliphatic carbocycles. The normalized spacial score (nSPS) is 26.5. The van der Waals surface area contributed by atoms with Crippen molar-refractivity contribution in [1.82, 2.24) is 9.97 Å². The van der Waals surface area contributed by atoms with E-state index in [1.165, 1.54) is 31.4 Å². The number of hydrogen-bond acceptors (Lipinski definition) is 4. The number of aryl methyl sites for hydroxylation is 1. The Hall–Kier alpha value is -0.935. The Balaban J connectivity index is 1.75. The van der Waals surface area contributed by atoms with E-state index in [0.29, 0.717) is 11.8 Å². The highest BCUT2D eigenvalue weighted by molar-refractivity contribution is 6.63. The molecule has 4 nitrogen and oxygen atoms in total. The van der Waals surface area contributed by atoms with E-state index in [-0.39, 0.29) is 18.3 Å². The molecule has 0 unspecified atom stereocenters. The third kappa shape index (κ3) is 2.30. The molecule has 0 bridgehead atoms. The van der Waals surface area contributed by atoms with E-state index in [9.17, 15) is 0 Å². The van der Waals surface area contributed by atoms with E-state index < -0.39 is 0 Å². The maximum atomic E-state index is 6.26. The monoisotopic (exact) mass is 300 g/mol. The quantitative estimate of drug-likeness (QED) is 0.805. The van der Waals surface area contributed by atoms with Crippen LogP contribution in [-0.4, -0.2) is 28.3 Å². The van der Waals surface area contributed by atoms with Crippen LogP contribution in [0, 0.1) is 6.92 Å². The molecule has 3 fully saturated rings. The average Bonchev–Trinajstić information content (AvgIpc) is 3.27. The van der Waals surface area contributed by atoms with E-state index in [1.54, 1.807) is 0 Å². The Morgan fingerprint density at radius 3 is 1.95 bits per heavy atom. The topological polar surface area (TPSA) is 44.2 Å². The van der Waals surface area contributed by atoms with Crippen LogP contribution in [-0.2, 0) is 9.31 Å². The van der Waals surface area contributed by atoms with Crippen LogP contribution >= 0.6 is 0 Å². The van der Waals surface area contributed by atoms with Crippen molar-refractivity contribution in [2.24, 2.45) is 0 Å². The minimum atomic E-state index is -0.339. The van der Waals surface area contributed by atoms with E-state index in [4.69, 9.17) is 19.3 Å². The summed E-state index contributed by atoms with van der Waals surface area (Å²) in [6.07, 6.45) is 4.93. The molecule has 118 valence electrons. The first-order chi connectivity index (χ1) is 10.3. The van der Waals surface area contributed by atoms with Gasteiger partial charge in [-0.15, -0.1) is 0 Å². The largest absolute Gasteiger partial charge is 0.498 e.